The average Bonchev–Trinajstić information content (AvgIpc) is 2.42. The number of amidine groups is 1. The molecule has 0 saturated heterocycles. The third-order valence-corrected chi connectivity index (χ3v) is 3.43. The Morgan fingerprint density at radius 3 is 2.55 bits per heavy atom. The Labute approximate surface area is 125 Å². The van der Waals surface area contributed by atoms with Gasteiger partial charge in [0.1, 0.15) is 0 Å². The molecule has 0 heterocycles. The van der Waals surface area contributed by atoms with E-state index >= 15 is 0 Å². The Morgan fingerprint density at radius 2 is 2.05 bits per heavy atom. The molecule has 0 aromatic heterocycles. The smallest absolute Gasteiger partial charge is 0.171 e. The highest BCUT2D eigenvalue weighted by Crippen LogP contribution is 2.23. The van der Waals surface area contributed by atoms with Gasteiger partial charge in [-0.05, 0) is 52.2 Å². The van der Waals surface area contributed by atoms with Crippen LogP contribution in [0.4, 0.5) is 5.69 Å². The second-order valence-electron chi connectivity index (χ2n) is 4.89. The van der Waals surface area contributed by atoms with E-state index in [1.165, 1.54) is 0 Å². The maximum Gasteiger partial charge on any atom is 0.171 e. The van der Waals surface area contributed by atoms with Gasteiger partial charge >= 0.3 is 0 Å². The first-order chi connectivity index (χ1) is 9.49. The van der Waals surface area contributed by atoms with Crippen molar-refractivity contribution in [3.63, 3.8) is 0 Å². The van der Waals surface area contributed by atoms with Crippen LogP contribution in [0.3, 0.4) is 0 Å². The maximum absolute atomic E-state index is 8.69. The number of oxime groups is 1. The Kier molecular flexibility index (Phi) is 6.61. The summed E-state index contributed by atoms with van der Waals surface area (Å²) in [6, 6.07) is 5.58. The number of nitrogens with zero attached hydrogens (tertiary/aromatic N) is 3. The molecule has 0 aliphatic carbocycles. The molecule has 0 saturated carbocycles. The minimum atomic E-state index is 0.0252. The first-order valence-electron chi connectivity index (χ1n) is 6.66. The molecule has 3 N–H and O–H groups in total. The SMILES string of the molecule is CCN(CCCN(C)C)c1ccc(/C(N)=N/O)c(Cl)c1. The average molecular weight is 299 g/mol. The number of halogens is 1. The van der Waals surface area contributed by atoms with E-state index in [9.17, 15) is 0 Å². The molecule has 6 heteroatoms. The zero-order chi connectivity index (χ0) is 15.1. The summed E-state index contributed by atoms with van der Waals surface area (Å²) >= 11 is 6.18. The van der Waals surface area contributed by atoms with Gasteiger partial charge in [-0.3, -0.25) is 0 Å². The van der Waals surface area contributed by atoms with Crippen molar-refractivity contribution < 1.29 is 5.21 Å². The topological polar surface area (TPSA) is 65.1 Å². The Hall–Kier alpha value is -1.46. The van der Waals surface area contributed by atoms with Crippen LogP contribution in [0.1, 0.15) is 18.9 Å². The van der Waals surface area contributed by atoms with Crippen LogP contribution in [0, 0.1) is 0 Å². The lowest BCUT2D eigenvalue weighted by molar-refractivity contribution is 0.318. The van der Waals surface area contributed by atoms with Gasteiger partial charge in [0.2, 0.25) is 0 Å². The summed E-state index contributed by atoms with van der Waals surface area (Å²) in [5, 5.41) is 12.2. The standard InChI is InChI=1S/C14H23ClN4O/c1-4-19(9-5-8-18(2)3)11-6-7-12(13(15)10-11)14(16)17-20/h6-7,10,20H,4-5,8-9H2,1-3H3,(H2,16,17). The first-order valence-corrected chi connectivity index (χ1v) is 7.04. The molecular formula is C14H23ClN4O. The van der Waals surface area contributed by atoms with Crippen molar-refractivity contribution in [3.05, 3.63) is 28.8 Å². The summed E-state index contributed by atoms with van der Waals surface area (Å²) in [5.41, 5.74) is 7.15. The Bertz CT molecular complexity index is 462. The molecule has 0 unspecified atom stereocenters. The molecule has 0 radical (unpaired) electrons. The summed E-state index contributed by atoms with van der Waals surface area (Å²) in [4.78, 5) is 4.42. The van der Waals surface area contributed by atoms with Crippen LogP contribution in [0.5, 0.6) is 0 Å². The molecule has 5 nitrogen and oxygen atoms in total. The van der Waals surface area contributed by atoms with Crippen molar-refractivity contribution in [2.45, 2.75) is 13.3 Å². The summed E-state index contributed by atoms with van der Waals surface area (Å²) < 4.78 is 0. The molecule has 112 valence electrons. The van der Waals surface area contributed by atoms with E-state index in [0.717, 1.165) is 31.7 Å². The molecule has 0 spiro atoms. The van der Waals surface area contributed by atoms with Gasteiger partial charge in [0, 0.05) is 24.3 Å². The lowest BCUT2D eigenvalue weighted by atomic mass is 10.1. The fraction of sp³-hybridized carbons (Fsp3) is 0.500. The molecule has 1 aromatic rings. The van der Waals surface area contributed by atoms with Crippen LogP contribution in [-0.2, 0) is 0 Å². The fourth-order valence-corrected chi connectivity index (χ4v) is 2.28. The van der Waals surface area contributed by atoms with Crippen molar-refractivity contribution in [1.82, 2.24) is 4.90 Å². The third kappa shape index (κ3) is 4.58. The van der Waals surface area contributed by atoms with Gasteiger partial charge in [0.25, 0.3) is 0 Å². The van der Waals surface area contributed by atoms with Crippen LogP contribution in [0.2, 0.25) is 5.02 Å². The number of hydrogen-bond acceptors (Lipinski definition) is 4. The Morgan fingerprint density at radius 1 is 1.35 bits per heavy atom. The second-order valence-corrected chi connectivity index (χ2v) is 5.29. The third-order valence-electron chi connectivity index (χ3n) is 3.12. The van der Waals surface area contributed by atoms with Crippen molar-refractivity contribution >= 4 is 23.1 Å². The lowest BCUT2D eigenvalue weighted by Crippen LogP contribution is -2.27. The number of hydrogen-bond donors (Lipinski definition) is 2. The van der Waals surface area contributed by atoms with Gasteiger partial charge in [-0.1, -0.05) is 16.8 Å². The molecule has 0 aliphatic rings. The second kappa shape index (κ2) is 7.97. The summed E-state index contributed by atoms with van der Waals surface area (Å²) in [6.07, 6.45) is 1.08. The van der Waals surface area contributed by atoms with E-state index in [1.54, 1.807) is 6.07 Å². The number of nitrogens with two attached hydrogens (primary N) is 1. The van der Waals surface area contributed by atoms with Gasteiger partial charge < -0.3 is 20.7 Å². The van der Waals surface area contributed by atoms with E-state index in [2.05, 4.69) is 36.0 Å². The molecule has 1 rings (SSSR count). The van der Waals surface area contributed by atoms with Crippen LogP contribution in [0.15, 0.2) is 23.4 Å². The summed E-state index contributed by atoms with van der Waals surface area (Å²) in [6.45, 7) is 5.04. The van der Waals surface area contributed by atoms with Crippen LogP contribution in [-0.4, -0.2) is 49.7 Å². The van der Waals surface area contributed by atoms with Crippen LogP contribution < -0.4 is 10.6 Å². The van der Waals surface area contributed by atoms with Crippen LogP contribution >= 0.6 is 11.6 Å². The van der Waals surface area contributed by atoms with E-state index in [0.29, 0.717) is 10.6 Å². The van der Waals surface area contributed by atoms with E-state index < -0.39 is 0 Å². The summed E-state index contributed by atoms with van der Waals surface area (Å²) in [7, 11) is 4.14. The van der Waals surface area contributed by atoms with E-state index in [4.69, 9.17) is 22.5 Å². The Balaban J connectivity index is 2.81. The number of rotatable bonds is 7. The number of benzene rings is 1. The van der Waals surface area contributed by atoms with Crippen molar-refractivity contribution in [3.8, 4) is 0 Å². The van der Waals surface area contributed by atoms with Gasteiger partial charge in [0.15, 0.2) is 5.84 Å². The van der Waals surface area contributed by atoms with E-state index in [-0.39, 0.29) is 5.84 Å². The summed E-state index contributed by atoms with van der Waals surface area (Å²) in [5.74, 6) is 0.0252. The molecule has 1 aromatic carbocycles. The molecule has 0 aliphatic heterocycles. The number of anilines is 1. The van der Waals surface area contributed by atoms with Gasteiger partial charge in [-0.2, -0.15) is 0 Å². The monoisotopic (exact) mass is 298 g/mol. The molecule has 0 fully saturated rings. The molecule has 0 bridgehead atoms. The quantitative estimate of drug-likeness (QED) is 0.351. The van der Waals surface area contributed by atoms with Gasteiger partial charge in [-0.15, -0.1) is 0 Å². The van der Waals surface area contributed by atoms with Gasteiger partial charge in [-0.25, -0.2) is 0 Å². The van der Waals surface area contributed by atoms with Crippen LogP contribution in [0.25, 0.3) is 0 Å². The molecular weight excluding hydrogens is 276 g/mol. The normalized spacial score (nSPS) is 11.9. The van der Waals surface area contributed by atoms with E-state index in [1.807, 2.05) is 12.1 Å². The predicted octanol–water partition coefficient (Wildman–Crippen LogP) is 2.21. The fourth-order valence-electron chi connectivity index (χ4n) is 2.01. The highest BCUT2D eigenvalue weighted by atomic mass is 35.5. The first kappa shape index (κ1) is 16.6. The van der Waals surface area contributed by atoms with Crippen molar-refractivity contribution in [2.24, 2.45) is 10.9 Å². The lowest BCUT2D eigenvalue weighted by Gasteiger charge is -2.24. The maximum atomic E-state index is 8.69. The minimum absolute atomic E-state index is 0.0252. The van der Waals surface area contributed by atoms with Gasteiger partial charge in [0.05, 0.1) is 5.02 Å². The molecule has 0 amide bonds. The zero-order valence-electron chi connectivity index (χ0n) is 12.3. The highest BCUT2D eigenvalue weighted by Gasteiger charge is 2.10. The largest absolute Gasteiger partial charge is 0.409 e. The predicted molar refractivity (Wildman–Crippen MR) is 85.0 cm³/mol. The zero-order valence-corrected chi connectivity index (χ0v) is 13.1. The van der Waals surface area contributed by atoms with Crippen molar-refractivity contribution in [2.75, 3.05) is 38.6 Å². The molecule has 20 heavy (non-hydrogen) atoms. The molecule has 0 atom stereocenters. The minimum Gasteiger partial charge on any atom is -0.409 e. The van der Waals surface area contributed by atoms with Crippen molar-refractivity contribution in [1.29, 1.82) is 0 Å². The highest BCUT2D eigenvalue weighted by molar-refractivity contribution is 6.34.